The summed E-state index contributed by atoms with van der Waals surface area (Å²) in [5.41, 5.74) is 0.303. The quantitative estimate of drug-likeness (QED) is 0.807. The Morgan fingerprint density at radius 1 is 1.35 bits per heavy atom. The predicted molar refractivity (Wildman–Crippen MR) is 95.5 cm³/mol. The molecule has 1 aliphatic heterocycles. The molecule has 4 nitrogen and oxygen atoms in total. The molecule has 0 radical (unpaired) electrons. The van der Waals surface area contributed by atoms with E-state index in [1.165, 1.54) is 0 Å². The largest absolute Gasteiger partial charge is 0.444 e. The zero-order valence-electron chi connectivity index (χ0n) is 13.9. The highest BCUT2D eigenvalue weighted by molar-refractivity contribution is 6.43. The number of hydrogen-bond donors (Lipinski definition) is 1. The van der Waals surface area contributed by atoms with Gasteiger partial charge in [0.25, 0.3) is 0 Å². The first-order valence-corrected chi connectivity index (χ1v) is 8.71. The minimum atomic E-state index is -0.483. The molecule has 1 saturated heterocycles. The van der Waals surface area contributed by atoms with Crippen LogP contribution in [0.15, 0.2) is 18.2 Å². The van der Waals surface area contributed by atoms with Gasteiger partial charge in [-0.3, -0.25) is 0 Å². The molecule has 0 bridgehead atoms. The number of piperidine rings is 1. The molecule has 23 heavy (non-hydrogen) atoms. The number of amides is 1. The summed E-state index contributed by atoms with van der Waals surface area (Å²) in [6.07, 6.45) is 2.81. The van der Waals surface area contributed by atoms with Gasteiger partial charge in [-0.05, 0) is 52.2 Å². The fourth-order valence-electron chi connectivity index (χ4n) is 2.64. The van der Waals surface area contributed by atoms with Gasteiger partial charge in [0.05, 0.1) is 21.8 Å². The summed E-state index contributed by atoms with van der Waals surface area (Å²) in [5.74, 6) is 0. The molecule has 0 spiro atoms. The standard InChI is InChI=1S/C17H24Cl2N2O2/c1-17(2,3)23-16(22)21-10-5-4-7-12(21)11-20-14-9-6-8-13(18)15(14)19/h6,8-9,12,20H,4-5,7,10-11H2,1-3H3. The van der Waals surface area contributed by atoms with Gasteiger partial charge >= 0.3 is 6.09 Å². The molecule has 0 aliphatic carbocycles. The van der Waals surface area contributed by atoms with E-state index in [9.17, 15) is 4.79 Å². The maximum Gasteiger partial charge on any atom is 0.410 e. The van der Waals surface area contributed by atoms with Gasteiger partial charge < -0.3 is 15.0 Å². The fourth-order valence-corrected chi connectivity index (χ4v) is 3.01. The number of anilines is 1. The normalized spacial score (nSPS) is 18.7. The van der Waals surface area contributed by atoms with Crippen LogP contribution in [0.25, 0.3) is 0 Å². The third-order valence-electron chi connectivity index (χ3n) is 3.73. The summed E-state index contributed by atoms with van der Waals surface area (Å²) in [5, 5.41) is 4.33. The molecule has 0 aromatic heterocycles. The highest BCUT2D eigenvalue weighted by Gasteiger charge is 2.30. The lowest BCUT2D eigenvalue weighted by atomic mass is 10.0. The lowest BCUT2D eigenvalue weighted by molar-refractivity contribution is 0.0114. The minimum absolute atomic E-state index is 0.0913. The first-order chi connectivity index (χ1) is 10.8. The van der Waals surface area contributed by atoms with E-state index >= 15 is 0 Å². The van der Waals surface area contributed by atoms with Crippen LogP contribution < -0.4 is 5.32 Å². The molecule has 1 heterocycles. The van der Waals surface area contributed by atoms with Crippen molar-refractivity contribution in [3.63, 3.8) is 0 Å². The summed E-state index contributed by atoms with van der Waals surface area (Å²) in [7, 11) is 0. The highest BCUT2D eigenvalue weighted by atomic mass is 35.5. The van der Waals surface area contributed by atoms with Crippen LogP contribution in [0.5, 0.6) is 0 Å². The highest BCUT2D eigenvalue weighted by Crippen LogP contribution is 2.30. The summed E-state index contributed by atoms with van der Waals surface area (Å²) < 4.78 is 5.51. The Morgan fingerprint density at radius 2 is 2.09 bits per heavy atom. The van der Waals surface area contributed by atoms with Crippen LogP contribution in [-0.2, 0) is 4.74 Å². The van der Waals surface area contributed by atoms with Crippen molar-refractivity contribution < 1.29 is 9.53 Å². The number of likely N-dealkylation sites (tertiary alicyclic amines) is 1. The van der Waals surface area contributed by atoms with Crippen LogP contribution in [0.3, 0.4) is 0 Å². The molecule has 1 unspecified atom stereocenters. The fraction of sp³-hybridized carbons (Fsp3) is 0.588. The number of nitrogens with zero attached hydrogens (tertiary/aromatic N) is 1. The molecule has 2 rings (SSSR count). The molecule has 0 saturated carbocycles. The van der Waals surface area contributed by atoms with Crippen molar-refractivity contribution in [2.45, 2.75) is 51.7 Å². The second-order valence-corrected chi connectivity index (χ2v) is 7.59. The van der Waals surface area contributed by atoms with Crippen LogP contribution in [0.2, 0.25) is 10.0 Å². The van der Waals surface area contributed by atoms with Crippen molar-refractivity contribution in [1.82, 2.24) is 4.90 Å². The zero-order valence-corrected chi connectivity index (χ0v) is 15.4. The van der Waals surface area contributed by atoms with Gasteiger partial charge in [-0.25, -0.2) is 4.79 Å². The summed E-state index contributed by atoms with van der Waals surface area (Å²) in [6.45, 7) is 7.00. The van der Waals surface area contributed by atoms with Crippen LogP contribution >= 0.6 is 23.2 Å². The number of carbonyl (C=O) groups excluding carboxylic acids is 1. The molecule has 128 valence electrons. The first kappa shape index (κ1) is 18.2. The molecular weight excluding hydrogens is 335 g/mol. The van der Waals surface area contributed by atoms with E-state index in [0.29, 0.717) is 16.6 Å². The molecule has 6 heteroatoms. The second-order valence-electron chi connectivity index (χ2n) is 6.81. The van der Waals surface area contributed by atoms with E-state index in [1.807, 2.05) is 37.8 Å². The molecule has 1 amide bonds. The van der Waals surface area contributed by atoms with Crippen molar-refractivity contribution in [3.8, 4) is 0 Å². The molecule has 1 atom stereocenters. The van der Waals surface area contributed by atoms with Crippen LogP contribution in [0, 0.1) is 0 Å². The van der Waals surface area contributed by atoms with Gasteiger partial charge in [-0.1, -0.05) is 29.3 Å². The summed E-state index contributed by atoms with van der Waals surface area (Å²) >= 11 is 12.2. The lowest BCUT2D eigenvalue weighted by Gasteiger charge is -2.37. The Bertz CT molecular complexity index is 558. The summed E-state index contributed by atoms with van der Waals surface area (Å²) in [6, 6.07) is 5.58. The Kier molecular flexibility index (Phi) is 6.04. The lowest BCUT2D eigenvalue weighted by Crippen LogP contribution is -2.48. The van der Waals surface area contributed by atoms with E-state index in [-0.39, 0.29) is 12.1 Å². The van der Waals surface area contributed by atoms with Crippen molar-refractivity contribution in [1.29, 1.82) is 0 Å². The maximum absolute atomic E-state index is 12.4. The van der Waals surface area contributed by atoms with Crippen LogP contribution in [-0.4, -0.2) is 35.7 Å². The van der Waals surface area contributed by atoms with E-state index in [4.69, 9.17) is 27.9 Å². The smallest absolute Gasteiger partial charge is 0.410 e. The third-order valence-corrected chi connectivity index (χ3v) is 4.55. The number of rotatable bonds is 3. The number of carbonyl (C=O) groups is 1. The Balaban J connectivity index is 2.01. The number of nitrogens with one attached hydrogen (secondary N) is 1. The van der Waals surface area contributed by atoms with Gasteiger partial charge in [0.1, 0.15) is 5.60 Å². The van der Waals surface area contributed by atoms with Crippen molar-refractivity contribution in [3.05, 3.63) is 28.2 Å². The molecule has 1 fully saturated rings. The molecule has 1 aromatic carbocycles. The number of ether oxygens (including phenoxy) is 1. The van der Waals surface area contributed by atoms with Gasteiger partial charge in [-0.2, -0.15) is 0 Å². The van der Waals surface area contributed by atoms with Crippen molar-refractivity contribution >= 4 is 35.0 Å². The topological polar surface area (TPSA) is 41.6 Å². The minimum Gasteiger partial charge on any atom is -0.444 e. The Hall–Kier alpha value is -1.13. The second kappa shape index (κ2) is 7.63. The SMILES string of the molecule is CC(C)(C)OC(=O)N1CCCCC1CNc1cccc(Cl)c1Cl. The van der Waals surface area contributed by atoms with E-state index in [1.54, 1.807) is 6.07 Å². The average Bonchev–Trinajstić information content (AvgIpc) is 2.47. The monoisotopic (exact) mass is 358 g/mol. The van der Waals surface area contributed by atoms with Gasteiger partial charge in [-0.15, -0.1) is 0 Å². The summed E-state index contributed by atoms with van der Waals surface area (Å²) in [4.78, 5) is 14.2. The number of hydrogen-bond acceptors (Lipinski definition) is 3. The maximum atomic E-state index is 12.4. The molecular formula is C17H24Cl2N2O2. The van der Waals surface area contributed by atoms with E-state index < -0.39 is 5.60 Å². The Morgan fingerprint density at radius 3 is 2.78 bits per heavy atom. The van der Waals surface area contributed by atoms with E-state index in [0.717, 1.165) is 31.5 Å². The third kappa shape index (κ3) is 5.18. The number of halogens is 2. The molecule has 1 aliphatic rings. The number of benzene rings is 1. The van der Waals surface area contributed by atoms with Gasteiger partial charge in [0, 0.05) is 13.1 Å². The van der Waals surface area contributed by atoms with E-state index in [2.05, 4.69) is 5.32 Å². The molecule has 1 aromatic rings. The van der Waals surface area contributed by atoms with Gasteiger partial charge in [0.15, 0.2) is 0 Å². The van der Waals surface area contributed by atoms with Crippen molar-refractivity contribution in [2.24, 2.45) is 0 Å². The first-order valence-electron chi connectivity index (χ1n) is 7.95. The molecule has 1 N–H and O–H groups in total. The van der Waals surface area contributed by atoms with Crippen LogP contribution in [0.1, 0.15) is 40.0 Å². The Labute approximate surface area is 148 Å². The zero-order chi connectivity index (χ0) is 17.0. The average molecular weight is 359 g/mol. The van der Waals surface area contributed by atoms with Crippen LogP contribution in [0.4, 0.5) is 10.5 Å². The van der Waals surface area contributed by atoms with Gasteiger partial charge in [0.2, 0.25) is 0 Å². The van der Waals surface area contributed by atoms with Crippen molar-refractivity contribution in [2.75, 3.05) is 18.4 Å². The predicted octanol–water partition coefficient (Wildman–Crippen LogP) is 5.19.